The zero-order chi connectivity index (χ0) is 18.1. The van der Waals surface area contributed by atoms with Crippen molar-refractivity contribution in [1.29, 1.82) is 0 Å². The van der Waals surface area contributed by atoms with Crippen molar-refractivity contribution in [2.45, 2.75) is 51.9 Å². The molecule has 25 heavy (non-hydrogen) atoms. The van der Waals surface area contributed by atoms with Crippen molar-refractivity contribution in [3.8, 4) is 0 Å². The zero-order valence-corrected chi connectivity index (χ0v) is 15.0. The fraction of sp³-hybridized carbons (Fsp3) is 0.737. The Kier molecular flexibility index (Phi) is 3.46. The van der Waals surface area contributed by atoms with Crippen molar-refractivity contribution in [2.75, 3.05) is 6.61 Å². The number of carbonyl (C=O) groups excluding carboxylic acids is 3. The number of ether oxygens (including phenoxy) is 3. The van der Waals surface area contributed by atoms with Gasteiger partial charge in [-0.3, -0.25) is 9.59 Å². The molecule has 0 N–H and O–H groups in total. The Hall–Kier alpha value is -1.69. The van der Waals surface area contributed by atoms with Gasteiger partial charge in [-0.2, -0.15) is 0 Å². The maximum atomic E-state index is 12.8. The first-order valence-corrected chi connectivity index (χ1v) is 8.96. The average molecular weight is 348 g/mol. The second-order valence-electron chi connectivity index (χ2n) is 8.43. The number of ketones is 1. The van der Waals surface area contributed by atoms with Crippen molar-refractivity contribution < 1.29 is 28.6 Å². The van der Waals surface area contributed by atoms with Gasteiger partial charge in [-0.25, -0.2) is 4.79 Å². The van der Waals surface area contributed by atoms with Crippen LogP contribution < -0.4 is 0 Å². The Bertz CT molecular complexity index is 677. The summed E-state index contributed by atoms with van der Waals surface area (Å²) in [5.74, 6) is -1.41. The molecule has 136 valence electrons. The Morgan fingerprint density at radius 3 is 2.60 bits per heavy atom. The first-order valence-electron chi connectivity index (χ1n) is 8.96. The number of rotatable bonds is 2. The highest BCUT2D eigenvalue weighted by Gasteiger charge is 2.64. The molecule has 8 atom stereocenters. The summed E-state index contributed by atoms with van der Waals surface area (Å²) in [5, 5.41) is 0. The highest BCUT2D eigenvalue weighted by molar-refractivity contribution is 5.98. The number of fused-ring (bicyclic) bond motifs is 2. The van der Waals surface area contributed by atoms with Crippen LogP contribution in [0.15, 0.2) is 12.2 Å². The van der Waals surface area contributed by atoms with Gasteiger partial charge in [0, 0.05) is 5.92 Å². The molecule has 2 saturated heterocycles. The summed E-state index contributed by atoms with van der Waals surface area (Å²) in [7, 11) is 0. The van der Waals surface area contributed by atoms with Crippen LogP contribution in [-0.2, 0) is 28.6 Å². The van der Waals surface area contributed by atoms with Crippen molar-refractivity contribution in [3.63, 3.8) is 0 Å². The van der Waals surface area contributed by atoms with E-state index in [0.717, 1.165) is 0 Å². The van der Waals surface area contributed by atoms with E-state index in [1.54, 1.807) is 19.9 Å². The summed E-state index contributed by atoms with van der Waals surface area (Å²) < 4.78 is 16.7. The molecule has 0 amide bonds. The standard InChI is InChI=1S/C19H24O6/c1-9-7-12-14(10(2)16(21)24-12)15(25-17(22)18(3)8-23-18)19(4)11(9)5-6-13(19)20/h5-6,9-12,14-15H,7-8H2,1-4H3. The van der Waals surface area contributed by atoms with E-state index in [1.807, 2.05) is 13.0 Å². The first kappa shape index (κ1) is 16.8. The molecule has 4 rings (SSSR count). The van der Waals surface area contributed by atoms with E-state index >= 15 is 0 Å². The predicted molar refractivity (Wildman–Crippen MR) is 86.3 cm³/mol. The second-order valence-corrected chi connectivity index (χ2v) is 8.43. The lowest BCUT2D eigenvalue weighted by Crippen LogP contribution is -2.51. The van der Waals surface area contributed by atoms with Crippen molar-refractivity contribution in [1.82, 2.24) is 0 Å². The smallest absolute Gasteiger partial charge is 0.340 e. The lowest BCUT2D eigenvalue weighted by atomic mass is 9.66. The summed E-state index contributed by atoms with van der Waals surface area (Å²) >= 11 is 0. The van der Waals surface area contributed by atoms with Gasteiger partial charge in [0.2, 0.25) is 0 Å². The average Bonchev–Trinajstić information content (AvgIpc) is 3.17. The third-order valence-corrected chi connectivity index (χ3v) is 6.73. The van der Waals surface area contributed by atoms with Crippen LogP contribution in [0.2, 0.25) is 0 Å². The zero-order valence-electron chi connectivity index (χ0n) is 15.0. The summed E-state index contributed by atoms with van der Waals surface area (Å²) in [4.78, 5) is 37.6. The highest BCUT2D eigenvalue weighted by Crippen LogP contribution is 2.54. The van der Waals surface area contributed by atoms with E-state index in [-0.39, 0.29) is 35.6 Å². The Balaban J connectivity index is 1.77. The summed E-state index contributed by atoms with van der Waals surface area (Å²) in [5.41, 5.74) is -1.80. The summed E-state index contributed by atoms with van der Waals surface area (Å²) in [6.07, 6.45) is 3.16. The minimum absolute atomic E-state index is 0.0396. The van der Waals surface area contributed by atoms with Crippen LogP contribution in [0.4, 0.5) is 0 Å². The molecule has 1 saturated carbocycles. The molecule has 2 aliphatic heterocycles. The quantitative estimate of drug-likeness (QED) is 0.558. The number of carbonyl (C=O) groups is 3. The summed E-state index contributed by atoms with van der Waals surface area (Å²) in [6, 6.07) is 0. The topological polar surface area (TPSA) is 82.2 Å². The predicted octanol–water partition coefficient (Wildman–Crippen LogP) is 1.67. The van der Waals surface area contributed by atoms with Crippen LogP contribution >= 0.6 is 0 Å². The molecule has 0 spiro atoms. The lowest BCUT2D eigenvalue weighted by Gasteiger charge is -2.40. The van der Waals surface area contributed by atoms with Crippen LogP contribution in [0.5, 0.6) is 0 Å². The Morgan fingerprint density at radius 1 is 1.28 bits per heavy atom. The van der Waals surface area contributed by atoms with Crippen molar-refractivity contribution >= 4 is 17.7 Å². The van der Waals surface area contributed by atoms with E-state index < -0.39 is 29.0 Å². The van der Waals surface area contributed by atoms with E-state index in [4.69, 9.17) is 14.2 Å². The third kappa shape index (κ3) is 2.23. The largest absolute Gasteiger partial charge is 0.462 e. The van der Waals surface area contributed by atoms with Gasteiger partial charge in [0.15, 0.2) is 11.4 Å². The van der Waals surface area contributed by atoms with Gasteiger partial charge in [-0.15, -0.1) is 0 Å². The lowest BCUT2D eigenvalue weighted by molar-refractivity contribution is -0.172. The van der Waals surface area contributed by atoms with Gasteiger partial charge >= 0.3 is 11.9 Å². The molecule has 6 heteroatoms. The minimum Gasteiger partial charge on any atom is -0.462 e. The molecule has 0 aromatic carbocycles. The van der Waals surface area contributed by atoms with Gasteiger partial charge in [-0.05, 0) is 38.2 Å². The van der Waals surface area contributed by atoms with E-state index in [2.05, 4.69) is 6.92 Å². The van der Waals surface area contributed by atoms with Crippen molar-refractivity contribution in [2.24, 2.45) is 29.1 Å². The fourth-order valence-electron chi connectivity index (χ4n) is 4.90. The van der Waals surface area contributed by atoms with E-state index in [9.17, 15) is 14.4 Å². The van der Waals surface area contributed by atoms with Crippen LogP contribution in [0.1, 0.15) is 34.1 Å². The maximum absolute atomic E-state index is 12.8. The van der Waals surface area contributed by atoms with Crippen LogP contribution in [0, 0.1) is 29.1 Å². The number of allylic oxidation sites excluding steroid dienone is 2. The molecule has 0 radical (unpaired) electrons. The SMILES string of the molecule is CC1CC2OC(=O)C(C)C2C(OC(=O)C2(C)CO2)C2(C)C(=O)C=CC12. The van der Waals surface area contributed by atoms with Crippen LogP contribution in [-0.4, -0.2) is 42.1 Å². The number of hydrogen-bond acceptors (Lipinski definition) is 6. The maximum Gasteiger partial charge on any atom is 0.340 e. The minimum atomic E-state index is -0.930. The van der Waals surface area contributed by atoms with Crippen LogP contribution in [0.25, 0.3) is 0 Å². The molecule has 8 unspecified atom stereocenters. The first-order chi connectivity index (χ1) is 11.7. The molecule has 4 aliphatic rings. The normalized spacial score (nSPS) is 50.7. The molecule has 2 aliphatic carbocycles. The third-order valence-electron chi connectivity index (χ3n) is 6.73. The number of epoxide rings is 1. The van der Waals surface area contributed by atoms with Gasteiger partial charge in [0.25, 0.3) is 0 Å². The fourth-order valence-corrected chi connectivity index (χ4v) is 4.90. The monoisotopic (exact) mass is 348 g/mol. The summed E-state index contributed by atoms with van der Waals surface area (Å²) in [6.45, 7) is 7.73. The van der Waals surface area contributed by atoms with Gasteiger partial charge in [0.05, 0.1) is 17.9 Å². The van der Waals surface area contributed by atoms with Gasteiger partial charge < -0.3 is 14.2 Å². The van der Waals surface area contributed by atoms with Gasteiger partial charge in [0.1, 0.15) is 12.2 Å². The molecule has 2 heterocycles. The molecule has 0 aromatic rings. The molecular weight excluding hydrogens is 324 g/mol. The Morgan fingerprint density at radius 2 is 1.96 bits per heavy atom. The van der Waals surface area contributed by atoms with Crippen molar-refractivity contribution in [3.05, 3.63) is 12.2 Å². The van der Waals surface area contributed by atoms with E-state index in [0.29, 0.717) is 13.0 Å². The molecule has 0 bridgehead atoms. The molecule has 0 aromatic heterocycles. The van der Waals surface area contributed by atoms with E-state index in [1.165, 1.54) is 0 Å². The molecule has 3 fully saturated rings. The van der Waals surface area contributed by atoms with Crippen LogP contribution in [0.3, 0.4) is 0 Å². The Labute approximate surface area is 146 Å². The number of hydrogen-bond donors (Lipinski definition) is 0. The molecule has 6 nitrogen and oxygen atoms in total. The second kappa shape index (κ2) is 5.16. The number of esters is 2. The molecular formula is C19H24O6. The van der Waals surface area contributed by atoms with Gasteiger partial charge in [-0.1, -0.05) is 19.9 Å². The highest BCUT2D eigenvalue weighted by atomic mass is 16.6.